The van der Waals surface area contributed by atoms with Gasteiger partial charge < -0.3 is 14.8 Å². The number of ether oxygens (including phenoxy) is 2. The summed E-state index contributed by atoms with van der Waals surface area (Å²) in [4.78, 5) is 23.4. The highest BCUT2D eigenvalue weighted by Crippen LogP contribution is 2.33. The summed E-state index contributed by atoms with van der Waals surface area (Å²) in [5, 5.41) is 2.79. The number of nitrogens with one attached hydrogen (secondary N) is 1. The SMILES string of the molecule is COC(=O)[C@H](CC1CC1)NC(=O)[C@H]1CCOC1. The van der Waals surface area contributed by atoms with Crippen molar-refractivity contribution in [3.63, 3.8) is 0 Å². The quantitative estimate of drug-likeness (QED) is 0.711. The van der Waals surface area contributed by atoms with Crippen LogP contribution in [0.4, 0.5) is 0 Å². The van der Waals surface area contributed by atoms with Crippen LogP contribution in [-0.4, -0.2) is 38.2 Å². The van der Waals surface area contributed by atoms with Gasteiger partial charge in [0.2, 0.25) is 5.91 Å². The zero-order valence-electron chi connectivity index (χ0n) is 10.1. The van der Waals surface area contributed by atoms with Crippen molar-refractivity contribution in [2.45, 2.75) is 31.7 Å². The van der Waals surface area contributed by atoms with Crippen LogP contribution < -0.4 is 5.32 Å². The Morgan fingerprint density at radius 1 is 1.41 bits per heavy atom. The monoisotopic (exact) mass is 241 g/mol. The van der Waals surface area contributed by atoms with E-state index in [1.54, 1.807) is 0 Å². The van der Waals surface area contributed by atoms with E-state index < -0.39 is 6.04 Å². The molecule has 1 aliphatic heterocycles. The molecule has 5 heteroatoms. The lowest BCUT2D eigenvalue weighted by molar-refractivity contribution is -0.146. The summed E-state index contributed by atoms with van der Waals surface area (Å²) in [6.45, 7) is 1.09. The van der Waals surface area contributed by atoms with E-state index in [2.05, 4.69) is 5.32 Å². The minimum Gasteiger partial charge on any atom is -0.467 e. The fraction of sp³-hybridized carbons (Fsp3) is 0.833. The molecule has 1 amide bonds. The van der Waals surface area contributed by atoms with Crippen LogP contribution in [0.15, 0.2) is 0 Å². The van der Waals surface area contributed by atoms with Crippen molar-refractivity contribution >= 4 is 11.9 Å². The number of hydrogen-bond donors (Lipinski definition) is 1. The van der Waals surface area contributed by atoms with Gasteiger partial charge in [-0.2, -0.15) is 0 Å². The average Bonchev–Trinajstić information content (AvgIpc) is 2.97. The molecule has 2 fully saturated rings. The summed E-state index contributed by atoms with van der Waals surface area (Å²) >= 11 is 0. The van der Waals surface area contributed by atoms with E-state index in [1.807, 2.05) is 0 Å². The molecule has 0 unspecified atom stereocenters. The Balaban J connectivity index is 1.86. The van der Waals surface area contributed by atoms with Gasteiger partial charge in [-0.05, 0) is 18.8 Å². The molecule has 0 radical (unpaired) electrons. The van der Waals surface area contributed by atoms with Crippen LogP contribution in [0.1, 0.15) is 25.7 Å². The first-order chi connectivity index (χ1) is 8.20. The van der Waals surface area contributed by atoms with E-state index in [-0.39, 0.29) is 17.8 Å². The third-order valence-electron chi connectivity index (χ3n) is 3.37. The first kappa shape index (κ1) is 12.4. The second kappa shape index (κ2) is 5.49. The third kappa shape index (κ3) is 3.43. The average molecular weight is 241 g/mol. The lowest BCUT2D eigenvalue weighted by Crippen LogP contribution is -2.44. The standard InChI is InChI=1S/C12H19NO4/c1-16-12(15)10(6-8-2-3-8)13-11(14)9-4-5-17-7-9/h8-10H,2-7H2,1H3,(H,13,14)/t9-,10-/m0/s1. The minimum absolute atomic E-state index is 0.0847. The molecule has 0 aromatic heterocycles. The van der Waals surface area contributed by atoms with Crippen molar-refractivity contribution in [2.24, 2.45) is 11.8 Å². The van der Waals surface area contributed by atoms with Crippen LogP contribution in [0, 0.1) is 11.8 Å². The highest BCUT2D eigenvalue weighted by atomic mass is 16.5. The molecule has 5 nitrogen and oxygen atoms in total. The Bertz CT molecular complexity index is 295. The molecule has 17 heavy (non-hydrogen) atoms. The maximum atomic E-state index is 11.9. The van der Waals surface area contributed by atoms with E-state index in [9.17, 15) is 9.59 Å². The number of carbonyl (C=O) groups is 2. The Hall–Kier alpha value is -1.10. The number of amides is 1. The van der Waals surface area contributed by atoms with Gasteiger partial charge in [-0.15, -0.1) is 0 Å². The summed E-state index contributed by atoms with van der Waals surface area (Å²) in [5.74, 6) is 0.0308. The summed E-state index contributed by atoms with van der Waals surface area (Å²) in [6, 6.07) is -0.486. The third-order valence-corrected chi connectivity index (χ3v) is 3.37. The van der Waals surface area contributed by atoms with Gasteiger partial charge in [0.15, 0.2) is 0 Å². The van der Waals surface area contributed by atoms with Crippen LogP contribution in [0.2, 0.25) is 0 Å². The molecule has 0 spiro atoms. The normalized spacial score (nSPS) is 25.4. The van der Waals surface area contributed by atoms with E-state index >= 15 is 0 Å². The van der Waals surface area contributed by atoms with Crippen LogP contribution >= 0.6 is 0 Å². The molecule has 1 saturated heterocycles. The molecule has 2 atom stereocenters. The molecule has 2 rings (SSSR count). The molecule has 1 aliphatic carbocycles. The van der Waals surface area contributed by atoms with Crippen LogP contribution in [-0.2, 0) is 19.1 Å². The van der Waals surface area contributed by atoms with Gasteiger partial charge in [0.25, 0.3) is 0 Å². The maximum absolute atomic E-state index is 11.9. The number of methoxy groups -OCH3 is 1. The lowest BCUT2D eigenvalue weighted by Gasteiger charge is -2.18. The minimum atomic E-state index is -0.486. The van der Waals surface area contributed by atoms with E-state index in [1.165, 1.54) is 7.11 Å². The summed E-state index contributed by atoms with van der Waals surface area (Å²) in [6.07, 6.45) is 3.74. The highest BCUT2D eigenvalue weighted by molar-refractivity contribution is 5.85. The Kier molecular flexibility index (Phi) is 3.99. The number of hydrogen-bond acceptors (Lipinski definition) is 4. The zero-order chi connectivity index (χ0) is 12.3. The predicted octanol–water partition coefficient (Wildman–Crippen LogP) is 0.481. The van der Waals surface area contributed by atoms with Crippen molar-refractivity contribution in [3.05, 3.63) is 0 Å². The molecule has 0 aromatic carbocycles. The summed E-state index contributed by atoms with van der Waals surface area (Å²) in [5.41, 5.74) is 0. The lowest BCUT2D eigenvalue weighted by atomic mass is 10.1. The van der Waals surface area contributed by atoms with Gasteiger partial charge in [-0.1, -0.05) is 12.8 Å². The summed E-state index contributed by atoms with van der Waals surface area (Å²) < 4.78 is 9.88. The topological polar surface area (TPSA) is 64.6 Å². The molecule has 2 aliphatic rings. The van der Waals surface area contributed by atoms with Crippen molar-refractivity contribution in [1.82, 2.24) is 5.32 Å². The van der Waals surface area contributed by atoms with Gasteiger partial charge in [-0.3, -0.25) is 4.79 Å². The largest absolute Gasteiger partial charge is 0.467 e. The Morgan fingerprint density at radius 2 is 2.18 bits per heavy atom. The van der Waals surface area contributed by atoms with Gasteiger partial charge in [0.1, 0.15) is 6.04 Å². The van der Waals surface area contributed by atoms with Crippen molar-refractivity contribution in [3.8, 4) is 0 Å². The second-order valence-corrected chi connectivity index (χ2v) is 4.82. The Labute approximate surface area is 101 Å². The first-order valence-corrected chi connectivity index (χ1v) is 6.16. The predicted molar refractivity (Wildman–Crippen MR) is 60.2 cm³/mol. The zero-order valence-corrected chi connectivity index (χ0v) is 10.1. The van der Waals surface area contributed by atoms with Crippen molar-refractivity contribution in [1.29, 1.82) is 0 Å². The molecule has 1 heterocycles. The Morgan fingerprint density at radius 3 is 2.71 bits per heavy atom. The molecule has 0 aromatic rings. The fourth-order valence-corrected chi connectivity index (χ4v) is 2.07. The fourth-order valence-electron chi connectivity index (χ4n) is 2.07. The van der Waals surface area contributed by atoms with Gasteiger partial charge in [0, 0.05) is 6.61 Å². The number of rotatable bonds is 5. The smallest absolute Gasteiger partial charge is 0.328 e. The number of carbonyl (C=O) groups excluding carboxylic acids is 2. The second-order valence-electron chi connectivity index (χ2n) is 4.82. The van der Waals surface area contributed by atoms with Crippen LogP contribution in [0.25, 0.3) is 0 Å². The van der Waals surface area contributed by atoms with Crippen LogP contribution in [0.3, 0.4) is 0 Å². The molecular weight excluding hydrogens is 222 g/mol. The van der Waals surface area contributed by atoms with E-state index in [0.717, 1.165) is 19.3 Å². The van der Waals surface area contributed by atoms with E-state index in [4.69, 9.17) is 9.47 Å². The summed E-state index contributed by atoms with van der Waals surface area (Å²) in [7, 11) is 1.35. The maximum Gasteiger partial charge on any atom is 0.328 e. The molecular formula is C12H19NO4. The first-order valence-electron chi connectivity index (χ1n) is 6.16. The molecule has 1 saturated carbocycles. The van der Waals surface area contributed by atoms with Gasteiger partial charge in [-0.25, -0.2) is 4.79 Å². The molecule has 96 valence electrons. The van der Waals surface area contributed by atoms with Crippen molar-refractivity contribution in [2.75, 3.05) is 20.3 Å². The van der Waals surface area contributed by atoms with E-state index in [0.29, 0.717) is 25.6 Å². The number of esters is 1. The molecule has 1 N–H and O–H groups in total. The van der Waals surface area contributed by atoms with Crippen molar-refractivity contribution < 1.29 is 19.1 Å². The van der Waals surface area contributed by atoms with Gasteiger partial charge in [0.05, 0.1) is 19.6 Å². The molecule has 0 bridgehead atoms. The highest BCUT2D eigenvalue weighted by Gasteiger charge is 2.33. The van der Waals surface area contributed by atoms with Gasteiger partial charge >= 0.3 is 5.97 Å². The van der Waals surface area contributed by atoms with Crippen LogP contribution in [0.5, 0.6) is 0 Å².